The number of fused-ring (bicyclic) bond motifs is 1. The third-order valence-corrected chi connectivity index (χ3v) is 5.84. The molecule has 0 bridgehead atoms. The molecule has 1 fully saturated rings. The molecule has 1 amide bonds. The van der Waals surface area contributed by atoms with Gasteiger partial charge in [0.1, 0.15) is 16.8 Å². The Morgan fingerprint density at radius 2 is 2.13 bits per heavy atom. The third-order valence-electron chi connectivity index (χ3n) is 3.99. The summed E-state index contributed by atoms with van der Waals surface area (Å²) < 4.78 is 13.9. The summed E-state index contributed by atoms with van der Waals surface area (Å²) in [7, 11) is 0. The van der Waals surface area contributed by atoms with Crippen molar-refractivity contribution < 1.29 is 9.21 Å². The van der Waals surface area contributed by atoms with Gasteiger partial charge in [-0.05, 0) is 36.8 Å². The van der Waals surface area contributed by atoms with Gasteiger partial charge in [0.05, 0.1) is 23.2 Å². The Morgan fingerprint density at radius 3 is 3.00 bits per heavy atom. The molecule has 1 aliphatic rings. The summed E-state index contributed by atoms with van der Waals surface area (Å²) in [6.07, 6.45) is 2.62. The third kappa shape index (κ3) is 2.98. The smallest absolute Gasteiger partial charge is 0.253 e. The van der Waals surface area contributed by atoms with Gasteiger partial charge < -0.3 is 9.32 Å². The van der Waals surface area contributed by atoms with E-state index >= 15 is 0 Å². The minimum absolute atomic E-state index is 0.0700. The summed E-state index contributed by atoms with van der Waals surface area (Å²) in [5, 5.41) is 0.327. The van der Waals surface area contributed by atoms with Crippen molar-refractivity contribution in [1.29, 1.82) is 0 Å². The molecule has 3 heterocycles. The van der Waals surface area contributed by atoms with Gasteiger partial charge in [-0.3, -0.25) is 4.79 Å². The number of furan rings is 1. The topological polar surface area (TPSA) is 59.2 Å². The molecular weight excluding hydrogens is 330 g/mol. The average molecular weight is 345 g/mol. The molecule has 118 valence electrons. The summed E-state index contributed by atoms with van der Waals surface area (Å²) in [6.45, 7) is 1.50. The first-order valence-corrected chi connectivity index (χ1v) is 9.26. The Balaban J connectivity index is 1.50. The van der Waals surface area contributed by atoms with Gasteiger partial charge in [-0.2, -0.15) is 8.75 Å². The van der Waals surface area contributed by atoms with Crippen LogP contribution in [0.3, 0.4) is 0 Å². The number of hydrogen-bond donors (Lipinski definition) is 0. The minimum atomic E-state index is 0.0700. The lowest BCUT2D eigenvalue weighted by Gasteiger charge is -2.20. The second-order valence-electron chi connectivity index (χ2n) is 5.42. The molecule has 7 heteroatoms. The number of hydrogen-bond acceptors (Lipinski definition) is 6. The zero-order chi connectivity index (χ0) is 15.6. The monoisotopic (exact) mass is 345 g/mol. The van der Waals surface area contributed by atoms with Crippen LogP contribution in [0.25, 0.3) is 11.0 Å². The highest BCUT2D eigenvalue weighted by atomic mass is 32.2. The highest BCUT2D eigenvalue weighted by Gasteiger charge is 2.24. The number of benzene rings is 1. The number of aromatic nitrogens is 2. The molecule has 5 nitrogen and oxygen atoms in total. The summed E-state index contributed by atoms with van der Waals surface area (Å²) in [5.41, 5.74) is 2.32. The first kappa shape index (κ1) is 14.7. The lowest BCUT2D eigenvalue weighted by atomic mass is 10.1. The van der Waals surface area contributed by atoms with Gasteiger partial charge in [-0.1, -0.05) is 0 Å². The van der Waals surface area contributed by atoms with E-state index in [0.29, 0.717) is 10.8 Å². The number of carbonyl (C=O) groups excluding carboxylic acids is 1. The molecule has 0 N–H and O–H groups in total. The molecule has 0 aliphatic carbocycles. The maximum absolute atomic E-state index is 12.8. The zero-order valence-corrected chi connectivity index (χ0v) is 14.0. The maximum atomic E-state index is 12.8. The summed E-state index contributed by atoms with van der Waals surface area (Å²) in [5.74, 6) is 1.98. The molecule has 1 aromatic carbocycles. The van der Waals surface area contributed by atoms with E-state index < -0.39 is 0 Å². The van der Waals surface area contributed by atoms with Gasteiger partial charge in [-0.25, -0.2) is 0 Å². The van der Waals surface area contributed by atoms with Crippen LogP contribution < -0.4 is 0 Å². The molecule has 1 atom stereocenters. The van der Waals surface area contributed by atoms with Crippen LogP contribution in [0.5, 0.6) is 0 Å². The lowest BCUT2D eigenvalue weighted by Crippen LogP contribution is -2.32. The van der Waals surface area contributed by atoms with Gasteiger partial charge in [0.15, 0.2) is 0 Å². The number of thioether (sulfide) groups is 1. The van der Waals surface area contributed by atoms with Gasteiger partial charge in [0.2, 0.25) is 0 Å². The molecule has 1 saturated heterocycles. The van der Waals surface area contributed by atoms with Crippen LogP contribution in [0.2, 0.25) is 0 Å². The predicted molar refractivity (Wildman–Crippen MR) is 91.8 cm³/mol. The van der Waals surface area contributed by atoms with Gasteiger partial charge in [0.25, 0.3) is 5.91 Å². The van der Waals surface area contributed by atoms with Crippen molar-refractivity contribution in [2.24, 2.45) is 0 Å². The SMILES string of the molecule is O=C(c1ccc2nsnc2c1)N1CCS[C@@H](c2ccco2)CC1. The zero-order valence-electron chi connectivity index (χ0n) is 12.3. The van der Waals surface area contributed by atoms with E-state index in [1.807, 2.05) is 47.0 Å². The van der Waals surface area contributed by atoms with Crippen LogP contribution in [0.15, 0.2) is 41.0 Å². The van der Waals surface area contributed by atoms with E-state index in [1.54, 1.807) is 6.26 Å². The van der Waals surface area contributed by atoms with Crippen molar-refractivity contribution in [3.63, 3.8) is 0 Å². The molecule has 4 rings (SSSR count). The van der Waals surface area contributed by atoms with Crippen molar-refractivity contribution in [2.45, 2.75) is 11.7 Å². The van der Waals surface area contributed by atoms with Crippen molar-refractivity contribution in [2.75, 3.05) is 18.8 Å². The highest BCUT2D eigenvalue weighted by molar-refractivity contribution is 7.99. The van der Waals surface area contributed by atoms with Crippen molar-refractivity contribution >= 4 is 40.4 Å². The number of amides is 1. The van der Waals surface area contributed by atoms with E-state index in [4.69, 9.17) is 4.42 Å². The molecule has 2 aromatic heterocycles. The maximum Gasteiger partial charge on any atom is 0.253 e. The van der Waals surface area contributed by atoms with Crippen LogP contribution in [0, 0.1) is 0 Å². The standard InChI is InChI=1S/C16H15N3O2S2/c20-16(11-3-4-12-13(10-11)18-23-17-12)19-6-5-15(22-9-7-19)14-2-1-8-21-14/h1-4,8,10,15H,5-7,9H2/t15-/m1/s1. The van der Waals surface area contributed by atoms with Gasteiger partial charge in [0, 0.05) is 24.4 Å². The number of nitrogens with zero attached hydrogens (tertiary/aromatic N) is 3. The van der Waals surface area contributed by atoms with Crippen LogP contribution >= 0.6 is 23.5 Å². The Morgan fingerprint density at radius 1 is 1.22 bits per heavy atom. The Hall–Kier alpha value is -1.86. The molecular formula is C16H15N3O2S2. The minimum Gasteiger partial charge on any atom is -0.468 e. The number of rotatable bonds is 2. The Labute approximate surface area is 142 Å². The van der Waals surface area contributed by atoms with Gasteiger partial charge >= 0.3 is 0 Å². The van der Waals surface area contributed by atoms with E-state index in [1.165, 1.54) is 11.7 Å². The normalized spacial score (nSPS) is 19.0. The summed E-state index contributed by atoms with van der Waals surface area (Å²) >= 11 is 3.03. The van der Waals surface area contributed by atoms with Crippen LogP contribution in [-0.2, 0) is 0 Å². The predicted octanol–water partition coefficient (Wildman–Crippen LogP) is 3.60. The first-order chi connectivity index (χ1) is 11.3. The fourth-order valence-corrected chi connectivity index (χ4v) is 4.47. The highest BCUT2D eigenvalue weighted by Crippen LogP contribution is 2.34. The van der Waals surface area contributed by atoms with Crippen LogP contribution in [0.4, 0.5) is 0 Å². The lowest BCUT2D eigenvalue weighted by molar-refractivity contribution is 0.0766. The van der Waals surface area contributed by atoms with Crippen molar-refractivity contribution in [1.82, 2.24) is 13.6 Å². The second kappa shape index (κ2) is 6.33. The quantitative estimate of drug-likeness (QED) is 0.710. The molecule has 1 aliphatic heterocycles. The summed E-state index contributed by atoms with van der Waals surface area (Å²) in [6, 6.07) is 9.47. The van der Waals surface area contributed by atoms with Crippen LogP contribution in [0.1, 0.15) is 27.8 Å². The Bertz CT molecular complexity index is 816. The fraction of sp³-hybridized carbons (Fsp3) is 0.312. The largest absolute Gasteiger partial charge is 0.468 e. The summed E-state index contributed by atoms with van der Waals surface area (Å²) in [4.78, 5) is 14.7. The molecule has 23 heavy (non-hydrogen) atoms. The first-order valence-electron chi connectivity index (χ1n) is 7.48. The van der Waals surface area contributed by atoms with E-state index in [9.17, 15) is 4.79 Å². The van der Waals surface area contributed by atoms with Gasteiger partial charge in [-0.15, -0.1) is 11.8 Å². The molecule has 0 radical (unpaired) electrons. The van der Waals surface area contributed by atoms with Crippen LogP contribution in [-0.4, -0.2) is 38.4 Å². The van der Waals surface area contributed by atoms with E-state index in [2.05, 4.69) is 8.75 Å². The molecule has 0 saturated carbocycles. The van der Waals surface area contributed by atoms with E-state index in [-0.39, 0.29) is 5.91 Å². The number of carbonyl (C=O) groups is 1. The van der Waals surface area contributed by atoms with E-state index in [0.717, 1.165) is 42.1 Å². The van der Waals surface area contributed by atoms with Crippen molar-refractivity contribution in [3.8, 4) is 0 Å². The Kier molecular flexibility index (Phi) is 4.05. The van der Waals surface area contributed by atoms with Crippen molar-refractivity contribution in [3.05, 3.63) is 47.9 Å². The molecule has 3 aromatic rings. The second-order valence-corrected chi connectivity index (χ2v) is 7.26. The average Bonchev–Trinajstić information content (AvgIpc) is 3.21. The molecule has 0 spiro atoms. The molecule has 0 unspecified atom stereocenters. The fourth-order valence-electron chi connectivity index (χ4n) is 2.77.